The summed E-state index contributed by atoms with van der Waals surface area (Å²) in [5, 5.41) is 17.5. The first-order chi connectivity index (χ1) is 22.8. The van der Waals surface area contributed by atoms with Crippen molar-refractivity contribution in [1.82, 2.24) is 25.1 Å². The van der Waals surface area contributed by atoms with Gasteiger partial charge < -0.3 is 29.8 Å². The molecule has 0 spiro atoms. The fourth-order valence-corrected chi connectivity index (χ4v) is 7.03. The summed E-state index contributed by atoms with van der Waals surface area (Å²) in [7, 11) is 0. The highest BCUT2D eigenvalue weighted by molar-refractivity contribution is 5.95. The number of carbonyl (C=O) groups excluding carboxylic acids is 2. The minimum atomic E-state index is -0.697. The maximum absolute atomic E-state index is 13.4. The van der Waals surface area contributed by atoms with Gasteiger partial charge in [-0.05, 0) is 74.4 Å². The van der Waals surface area contributed by atoms with Crippen LogP contribution in [0.4, 0.5) is 5.82 Å². The average molecular weight is 645 g/mol. The van der Waals surface area contributed by atoms with Crippen LogP contribution in [0.1, 0.15) is 96.4 Å². The minimum absolute atomic E-state index is 0.113. The van der Waals surface area contributed by atoms with Crippen LogP contribution < -0.4 is 15.4 Å². The second kappa shape index (κ2) is 15.3. The van der Waals surface area contributed by atoms with Crippen LogP contribution >= 0.6 is 0 Å². The highest BCUT2D eigenvalue weighted by atomic mass is 16.5. The number of aryl methyl sites for hydroxylation is 1. The van der Waals surface area contributed by atoms with Crippen LogP contribution in [0.3, 0.4) is 0 Å². The number of β-amino-alcohol motifs (C(OH)–C–C–N with tert-alkyl or cyclic N) is 1. The molecule has 4 heterocycles. The fourth-order valence-electron chi connectivity index (χ4n) is 7.03. The van der Waals surface area contributed by atoms with E-state index in [1.165, 1.54) is 36.8 Å². The van der Waals surface area contributed by atoms with E-state index in [4.69, 9.17) is 14.1 Å². The molecule has 3 aromatic rings. The largest absolute Gasteiger partial charge is 0.486 e. The number of hydrogen-bond acceptors (Lipinski definition) is 9. The molecule has 0 unspecified atom stereocenters. The smallest absolute Gasteiger partial charge is 0.251 e. The van der Waals surface area contributed by atoms with Gasteiger partial charge in [0.15, 0.2) is 12.2 Å². The predicted molar refractivity (Wildman–Crippen MR) is 178 cm³/mol. The Balaban J connectivity index is 1.02. The average Bonchev–Trinajstić information content (AvgIpc) is 3.50. The van der Waals surface area contributed by atoms with Crippen molar-refractivity contribution in [2.75, 3.05) is 38.0 Å². The summed E-state index contributed by atoms with van der Waals surface area (Å²) in [5.41, 5.74) is 4.83. The van der Waals surface area contributed by atoms with Gasteiger partial charge in [-0.2, -0.15) is 0 Å². The third kappa shape index (κ3) is 8.70. The molecule has 1 aliphatic carbocycles. The molecule has 11 nitrogen and oxygen atoms in total. The molecule has 2 aliphatic heterocycles. The van der Waals surface area contributed by atoms with E-state index >= 15 is 0 Å². The fraction of sp³-hybridized carbons (Fsp3) is 0.556. The summed E-state index contributed by atoms with van der Waals surface area (Å²) in [4.78, 5) is 38.4. The molecule has 3 N–H and O–H groups in total. The number of nitrogens with one attached hydrogen (secondary N) is 2. The van der Waals surface area contributed by atoms with Gasteiger partial charge in [0.05, 0.1) is 11.8 Å². The lowest BCUT2D eigenvalue weighted by atomic mass is 9.86. The lowest BCUT2D eigenvalue weighted by Gasteiger charge is -2.32. The number of anilines is 1. The van der Waals surface area contributed by atoms with E-state index in [-0.39, 0.29) is 24.4 Å². The van der Waals surface area contributed by atoms with E-state index in [9.17, 15) is 14.7 Å². The first kappa shape index (κ1) is 33.0. The summed E-state index contributed by atoms with van der Waals surface area (Å²) in [6, 6.07) is 10.1. The lowest BCUT2D eigenvalue weighted by Crippen LogP contribution is -2.42. The highest BCUT2D eigenvalue weighted by Gasteiger charge is 2.25. The third-order valence-corrected chi connectivity index (χ3v) is 9.87. The molecular weight excluding hydrogens is 596 g/mol. The normalized spacial score (nSPS) is 18.4. The monoisotopic (exact) mass is 644 g/mol. The Hall–Kier alpha value is -3.96. The van der Waals surface area contributed by atoms with Crippen LogP contribution in [-0.2, 0) is 24.4 Å². The van der Waals surface area contributed by atoms with Gasteiger partial charge in [-0.3, -0.25) is 14.5 Å². The van der Waals surface area contributed by atoms with Crippen molar-refractivity contribution in [3.05, 3.63) is 70.6 Å². The van der Waals surface area contributed by atoms with Gasteiger partial charge in [0.1, 0.15) is 18.2 Å². The Labute approximate surface area is 277 Å². The van der Waals surface area contributed by atoms with Crippen LogP contribution in [0.5, 0.6) is 5.75 Å². The van der Waals surface area contributed by atoms with Crippen molar-refractivity contribution >= 4 is 17.6 Å². The minimum Gasteiger partial charge on any atom is -0.486 e. The number of piperidine rings is 1. The molecule has 1 aromatic carbocycles. The van der Waals surface area contributed by atoms with Crippen molar-refractivity contribution in [2.45, 2.75) is 96.4 Å². The van der Waals surface area contributed by atoms with E-state index in [1.54, 1.807) is 6.92 Å². The zero-order chi connectivity index (χ0) is 32.8. The number of hydrogen-bond donors (Lipinski definition) is 3. The van der Waals surface area contributed by atoms with E-state index < -0.39 is 6.10 Å². The van der Waals surface area contributed by atoms with Gasteiger partial charge in [0.2, 0.25) is 5.91 Å². The van der Waals surface area contributed by atoms with Crippen LogP contribution in [0.15, 0.2) is 41.1 Å². The molecule has 252 valence electrons. The van der Waals surface area contributed by atoms with E-state index in [2.05, 4.69) is 32.7 Å². The summed E-state index contributed by atoms with van der Waals surface area (Å²) in [5.74, 6) is 2.51. The summed E-state index contributed by atoms with van der Waals surface area (Å²) >= 11 is 0. The van der Waals surface area contributed by atoms with E-state index in [0.29, 0.717) is 30.5 Å². The molecule has 2 amide bonds. The molecule has 2 fully saturated rings. The molecule has 3 aliphatic rings. The number of nitrogens with zero attached hydrogens (tertiary/aromatic N) is 4. The number of aromatic nitrogens is 2. The van der Waals surface area contributed by atoms with Gasteiger partial charge in [-0.15, -0.1) is 0 Å². The van der Waals surface area contributed by atoms with Gasteiger partial charge in [-0.1, -0.05) is 25.3 Å². The Morgan fingerprint density at radius 2 is 1.87 bits per heavy atom. The molecule has 6 rings (SSSR count). The SMILES string of the molecule is CC(=O)N1CCC(Nc2cc(C(=O)NC[C@H](O)CN3CCc4cc(OCc5ocnc5C)ccc4C3)cc(C3CCCCC3)n2)CC1. The number of amides is 2. The van der Waals surface area contributed by atoms with Crippen LogP contribution in [0, 0.1) is 6.92 Å². The molecule has 0 bridgehead atoms. The Kier molecular flexibility index (Phi) is 10.7. The number of fused-ring (bicyclic) bond motifs is 1. The van der Waals surface area contributed by atoms with Gasteiger partial charge in [0.25, 0.3) is 5.91 Å². The number of oxazole rings is 1. The van der Waals surface area contributed by atoms with Gasteiger partial charge >= 0.3 is 0 Å². The Morgan fingerprint density at radius 3 is 2.62 bits per heavy atom. The summed E-state index contributed by atoms with van der Waals surface area (Å²) in [6.07, 6.45) is 9.07. The molecular formula is C36H48N6O5. The van der Waals surface area contributed by atoms with Crippen molar-refractivity contribution < 1.29 is 23.8 Å². The molecule has 2 aromatic heterocycles. The third-order valence-electron chi connectivity index (χ3n) is 9.87. The number of likely N-dealkylation sites (tertiary alicyclic amines) is 1. The summed E-state index contributed by atoms with van der Waals surface area (Å²) < 4.78 is 11.3. The lowest BCUT2D eigenvalue weighted by molar-refractivity contribution is -0.129. The van der Waals surface area contributed by atoms with Crippen molar-refractivity contribution in [3.63, 3.8) is 0 Å². The predicted octanol–water partition coefficient (Wildman–Crippen LogP) is 4.58. The summed E-state index contributed by atoms with van der Waals surface area (Å²) in [6.45, 7) is 7.50. The Bertz CT molecular complexity index is 1530. The number of rotatable bonds is 11. The molecule has 1 saturated heterocycles. The maximum Gasteiger partial charge on any atom is 0.251 e. The molecule has 1 saturated carbocycles. The van der Waals surface area contributed by atoms with Crippen molar-refractivity contribution in [2.24, 2.45) is 0 Å². The second-order valence-corrected chi connectivity index (χ2v) is 13.4. The van der Waals surface area contributed by atoms with Crippen molar-refractivity contribution in [3.8, 4) is 5.75 Å². The number of aliphatic hydroxyl groups excluding tert-OH is 1. The van der Waals surface area contributed by atoms with E-state index in [1.807, 2.05) is 30.0 Å². The number of pyridine rings is 1. The first-order valence-corrected chi connectivity index (χ1v) is 17.2. The molecule has 1 atom stereocenters. The topological polar surface area (TPSA) is 133 Å². The quantitative estimate of drug-likeness (QED) is 0.274. The van der Waals surface area contributed by atoms with Crippen LogP contribution in [0.25, 0.3) is 0 Å². The van der Waals surface area contributed by atoms with E-state index in [0.717, 1.165) is 81.2 Å². The standard InChI is InChI=1S/C36H48N6O5/c1-24-34(47-23-38-24)22-46-32-9-8-28-20-41(13-10-27(28)16-32)21-31(44)19-37-36(45)29-17-33(26-6-4-3-5-7-26)40-35(18-29)39-30-11-14-42(15-12-30)25(2)43/h8-9,16-18,23,26,30-31,44H,3-7,10-15,19-22H2,1-2H3,(H,37,45)(H,39,40)/t31-/m0/s1. The second-order valence-electron chi connectivity index (χ2n) is 13.4. The Morgan fingerprint density at radius 1 is 1.06 bits per heavy atom. The van der Waals surface area contributed by atoms with Gasteiger partial charge in [-0.25, -0.2) is 9.97 Å². The zero-order valence-electron chi connectivity index (χ0n) is 27.7. The van der Waals surface area contributed by atoms with Crippen LogP contribution in [-0.4, -0.2) is 81.6 Å². The number of ether oxygens (including phenoxy) is 1. The number of benzene rings is 1. The zero-order valence-corrected chi connectivity index (χ0v) is 27.7. The maximum atomic E-state index is 13.4. The number of aliphatic hydroxyl groups is 1. The van der Waals surface area contributed by atoms with Crippen molar-refractivity contribution in [1.29, 1.82) is 0 Å². The first-order valence-electron chi connectivity index (χ1n) is 17.2. The number of carbonyl (C=O) groups is 2. The van der Waals surface area contributed by atoms with Gasteiger partial charge in [0, 0.05) is 69.4 Å². The molecule has 47 heavy (non-hydrogen) atoms. The molecule has 0 radical (unpaired) electrons. The highest BCUT2D eigenvalue weighted by Crippen LogP contribution is 2.33. The molecule has 11 heteroatoms. The van der Waals surface area contributed by atoms with Crippen LogP contribution in [0.2, 0.25) is 0 Å².